The van der Waals surface area contributed by atoms with E-state index in [1.165, 1.54) is 0 Å². The second-order valence-corrected chi connectivity index (χ2v) is 5.61. The molecule has 0 bridgehead atoms. The Morgan fingerprint density at radius 3 is 2.50 bits per heavy atom. The second-order valence-electron chi connectivity index (χ2n) is 4.32. The maximum atomic E-state index is 11.8. The number of thiocyanates is 1. The maximum absolute atomic E-state index is 11.8. The lowest BCUT2D eigenvalue weighted by molar-refractivity contribution is -0.116. The molecule has 2 rings (SSSR count). The van der Waals surface area contributed by atoms with E-state index in [0.29, 0.717) is 16.5 Å². The molecule has 1 amide bonds. The molecule has 0 unspecified atom stereocenters. The van der Waals surface area contributed by atoms with E-state index in [4.69, 9.17) is 21.6 Å². The van der Waals surface area contributed by atoms with Crippen LogP contribution >= 0.6 is 23.4 Å². The summed E-state index contributed by atoms with van der Waals surface area (Å²) in [5.74, 6) is 0.546. The van der Waals surface area contributed by atoms with E-state index in [0.717, 1.165) is 16.7 Å². The van der Waals surface area contributed by atoms with Crippen LogP contribution < -0.4 is 10.1 Å². The number of hydrogen-bond donors (Lipinski definition) is 1. The number of carbonyl (C=O) groups is 1. The number of amides is 1. The average molecular weight is 333 g/mol. The van der Waals surface area contributed by atoms with Crippen molar-refractivity contribution in [1.82, 2.24) is 0 Å². The third-order valence-corrected chi connectivity index (χ3v) is 3.56. The predicted molar refractivity (Wildman–Crippen MR) is 88.1 cm³/mol. The van der Waals surface area contributed by atoms with E-state index in [-0.39, 0.29) is 18.9 Å². The first-order valence-electron chi connectivity index (χ1n) is 6.51. The molecule has 0 radical (unpaired) electrons. The number of rotatable bonds is 6. The van der Waals surface area contributed by atoms with E-state index in [1.54, 1.807) is 48.5 Å². The van der Waals surface area contributed by atoms with Gasteiger partial charge in [-0.15, -0.1) is 0 Å². The van der Waals surface area contributed by atoms with Gasteiger partial charge < -0.3 is 10.1 Å². The molecule has 0 aliphatic carbocycles. The van der Waals surface area contributed by atoms with Crippen molar-refractivity contribution >= 4 is 35.0 Å². The lowest BCUT2D eigenvalue weighted by atomic mass is 10.3. The number of nitrogens with one attached hydrogen (secondary N) is 1. The van der Waals surface area contributed by atoms with E-state index < -0.39 is 0 Å². The molecule has 0 atom stereocenters. The SMILES string of the molecule is N#CSc1ccc(NC(=O)CCOc2ccc(Cl)cc2)cc1. The zero-order valence-corrected chi connectivity index (χ0v) is 13.2. The van der Waals surface area contributed by atoms with Gasteiger partial charge in [-0.25, -0.2) is 0 Å². The lowest BCUT2D eigenvalue weighted by Crippen LogP contribution is -2.15. The second kappa shape index (κ2) is 8.32. The Hall–Kier alpha value is -2.16. The van der Waals surface area contributed by atoms with Crippen molar-refractivity contribution in [3.8, 4) is 11.2 Å². The van der Waals surface area contributed by atoms with Crippen LogP contribution in [0.15, 0.2) is 53.4 Å². The lowest BCUT2D eigenvalue weighted by Gasteiger charge is -2.07. The first kappa shape index (κ1) is 16.2. The Morgan fingerprint density at radius 1 is 1.18 bits per heavy atom. The Kier molecular flexibility index (Phi) is 6.13. The summed E-state index contributed by atoms with van der Waals surface area (Å²) in [6.07, 6.45) is 0.247. The minimum Gasteiger partial charge on any atom is -0.493 e. The van der Waals surface area contributed by atoms with Crippen molar-refractivity contribution in [2.24, 2.45) is 0 Å². The average Bonchev–Trinajstić information content (AvgIpc) is 2.51. The van der Waals surface area contributed by atoms with E-state index >= 15 is 0 Å². The number of nitrogens with zero attached hydrogens (tertiary/aromatic N) is 1. The quantitative estimate of drug-likeness (QED) is 0.632. The fourth-order valence-corrected chi connectivity index (χ4v) is 2.18. The van der Waals surface area contributed by atoms with Gasteiger partial charge in [-0.3, -0.25) is 4.79 Å². The Labute approximate surface area is 138 Å². The van der Waals surface area contributed by atoms with Crippen molar-refractivity contribution in [3.63, 3.8) is 0 Å². The molecule has 2 aromatic carbocycles. The Morgan fingerprint density at radius 2 is 1.86 bits per heavy atom. The van der Waals surface area contributed by atoms with E-state index in [2.05, 4.69) is 5.32 Å². The molecular weight excluding hydrogens is 320 g/mol. The number of benzene rings is 2. The van der Waals surface area contributed by atoms with Gasteiger partial charge in [0.25, 0.3) is 0 Å². The molecule has 6 heteroatoms. The van der Waals surface area contributed by atoms with Gasteiger partial charge in [0, 0.05) is 15.6 Å². The minimum atomic E-state index is -0.130. The molecule has 0 spiro atoms. The van der Waals surface area contributed by atoms with Crippen LogP contribution in [0.3, 0.4) is 0 Å². The maximum Gasteiger partial charge on any atom is 0.227 e. The van der Waals surface area contributed by atoms with E-state index in [9.17, 15) is 4.79 Å². The van der Waals surface area contributed by atoms with Gasteiger partial charge in [-0.05, 0) is 60.3 Å². The van der Waals surface area contributed by atoms with Crippen LogP contribution in [0.2, 0.25) is 5.02 Å². The van der Waals surface area contributed by atoms with Crippen LogP contribution in [0.5, 0.6) is 5.75 Å². The van der Waals surface area contributed by atoms with Gasteiger partial charge >= 0.3 is 0 Å². The van der Waals surface area contributed by atoms with Crippen LogP contribution in [-0.2, 0) is 4.79 Å². The molecule has 0 saturated carbocycles. The zero-order valence-electron chi connectivity index (χ0n) is 11.6. The van der Waals surface area contributed by atoms with Gasteiger partial charge in [0.15, 0.2) is 0 Å². The summed E-state index contributed by atoms with van der Waals surface area (Å²) in [6.45, 7) is 0.288. The molecule has 0 heterocycles. The summed E-state index contributed by atoms with van der Waals surface area (Å²) in [5.41, 5.74) is 0.693. The number of halogens is 1. The van der Waals surface area contributed by atoms with Gasteiger partial charge in [-0.1, -0.05) is 11.6 Å². The Bertz CT molecular complexity index is 666. The molecule has 2 aromatic rings. The summed E-state index contributed by atoms with van der Waals surface area (Å²) in [7, 11) is 0. The molecule has 0 aromatic heterocycles. The molecule has 0 aliphatic heterocycles. The highest BCUT2D eigenvalue weighted by atomic mass is 35.5. The molecule has 112 valence electrons. The topological polar surface area (TPSA) is 62.1 Å². The van der Waals surface area contributed by atoms with Crippen LogP contribution in [0, 0.1) is 10.7 Å². The Balaban J connectivity index is 1.75. The van der Waals surface area contributed by atoms with Crippen molar-refractivity contribution in [2.75, 3.05) is 11.9 Å². The third-order valence-electron chi connectivity index (χ3n) is 2.71. The molecule has 4 nitrogen and oxygen atoms in total. The van der Waals surface area contributed by atoms with Gasteiger partial charge in [0.2, 0.25) is 5.91 Å². The van der Waals surface area contributed by atoms with Gasteiger partial charge in [0.1, 0.15) is 11.2 Å². The fraction of sp³-hybridized carbons (Fsp3) is 0.125. The predicted octanol–water partition coefficient (Wildman–Crippen LogP) is 4.32. The van der Waals surface area contributed by atoms with Crippen LogP contribution in [-0.4, -0.2) is 12.5 Å². The standard InChI is InChI=1S/C16H13ClN2O2S/c17-12-1-5-14(6-2-12)21-10-9-16(20)19-13-3-7-15(8-4-13)22-11-18/h1-8H,9-10H2,(H,19,20). The number of ether oxygens (including phenoxy) is 1. The highest BCUT2D eigenvalue weighted by Gasteiger charge is 2.03. The van der Waals surface area contributed by atoms with Gasteiger partial charge in [0.05, 0.1) is 13.0 Å². The fourth-order valence-electron chi connectivity index (χ4n) is 1.67. The molecular formula is C16H13ClN2O2S. The van der Waals surface area contributed by atoms with Crippen molar-refractivity contribution < 1.29 is 9.53 Å². The normalized spacial score (nSPS) is 9.82. The summed E-state index contributed by atoms with van der Waals surface area (Å²) in [4.78, 5) is 12.6. The third kappa shape index (κ3) is 5.32. The minimum absolute atomic E-state index is 0.130. The monoisotopic (exact) mass is 332 g/mol. The molecule has 1 N–H and O–H groups in total. The van der Waals surface area contributed by atoms with Gasteiger partial charge in [-0.2, -0.15) is 5.26 Å². The molecule has 0 fully saturated rings. The van der Waals surface area contributed by atoms with Crippen molar-refractivity contribution in [2.45, 2.75) is 11.3 Å². The number of carbonyl (C=O) groups excluding carboxylic acids is 1. The van der Waals surface area contributed by atoms with Crippen LogP contribution in [0.1, 0.15) is 6.42 Å². The largest absolute Gasteiger partial charge is 0.493 e. The summed E-state index contributed by atoms with van der Waals surface area (Å²) in [6, 6.07) is 14.1. The first-order valence-corrected chi connectivity index (χ1v) is 7.71. The van der Waals surface area contributed by atoms with Crippen molar-refractivity contribution in [3.05, 3.63) is 53.6 Å². The summed E-state index contributed by atoms with van der Waals surface area (Å²) >= 11 is 6.86. The summed E-state index contributed by atoms with van der Waals surface area (Å²) < 4.78 is 5.46. The molecule has 0 aliphatic rings. The van der Waals surface area contributed by atoms with Crippen LogP contribution in [0.25, 0.3) is 0 Å². The zero-order chi connectivity index (χ0) is 15.8. The first-order chi connectivity index (χ1) is 10.7. The van der Waals surface area contributed by atoms with Crippen molar-refractivity contribution in [1.29, 1.82) is 5.26 Å². The number of anilines is 1. The highest BCUT2D eigenvalue weighted by Crippen LogP contribution is 2.19. The highest BCUT2D eigenvalue weighted by molar-refractivity contribution is 8.03. The number of hydrogen-bond acceptors (Lipinski definition) is 4. The smallest absolute Gasteiger partial charge is 0.227 e. The number of nitriles is 1. The van der Waals surface area contributed by atoms with Crippen LogP contribution in [0.4, 0.5) is 5.69 Å². The number of thioether (sulfide) groups is 1. The summed E-state index contributed by atoms with van der Waals surface area (Å²) in [5, 5.41) is 14.0. The van der Waals surface area contributed by atoms with E-state index in [1.807, 2.05) is 5.40 Å². The molecule has 22 heavy (non-hydrogen) atoms. The molecule has 0 saturated heterocycles.